The molecule has 2 atom stereocenters. The molecule has 0 N–H and O–H groups in total. The molecule has 0 bridgehead atoms. The average molecular weight is 405 g/mol. The Morgan fingerprint density at radius 3 is 1.36 bits per heavy atom. The molecule has 0 heterocycles. The molecule has 0 aromatic rings. The molecule has 0 rings (SSSR count). The highest BCUT2D eigenvalue weighted by Gasteiger charge is 2.21. The fraction of sp³-hybridized carbons (Fsp3) is 1.00. The second-order valence-electron chi connectivity index (χ2n) is 5.32. The molecule has 134 valence electrons. The molecule has 0 aliphatic carbocycles. The van der Waals surface area contributed by atoms with Gasteiger partial charge >= 0.3 is 18.6 Å². The second kappa shape index (κ2) is 14.7. The molecule has 0 aromatic carbocycles. The van der Waals surface area contributed by atoms with Gasteiger partial charge in [0.05, 0.1) is 0 Å². The van der Waals surface area contributed by atoms with Crippen LogP contribution in [0, 0.1) is 0 Å². The molecule has 0 saturated carbocycles. The van der Waals surface area contributed by atoms with E-state index >= 15 is 0 Å². The van der Waals surface area contributed by atoms with Crippen LogP contribution in [0.5, 0.6) is 0 Å². The van der Waals surface area contributed by atoms with E-state index in [9.17, 15) is 0 Å². The Labute approximate surface area is 149 Å². The van der Waals surface area contributed by atoms with Gasteiger partial charge in [0.2, 0.25) is 0 Å². The molecule has 0 spiro atoms. The minimum Gasteiger partial charge on any atom is -0.400 e. The summed E-state index contributed by atoms with van der Waals surface area (Å²) >= 11 is 4.20. The lowest BCUT2D eigenvalue weighted by molar-refractivity contribution is 0.266. The third kappa shape index (κ3) is 10.3. The van der Waals surface area contributed by atoms with Crippen LogP contribution in [0.4, 0.5) is 0 Å². The molecule has 9 heteroatoms. The third-order valence-corrected chi connectivity index (χ3v) is 14.7. The van der Waals surface area contributed by atoms with Crippen LogP contribution in [0.25, 0.3) is 0 Å². The maximum atomic E-state index is 5.44. The zero-order valence-corrected chi connectivity index (χ0v) is 19.9. The molecule has 0 amide bonds. The highest BCUT2D eigenvalue weighted by molar-refractivity contribution is 8.88. The summed E-state index contributed by atoms with van der Waals surface area (Å²) in [5, 5.41) is 0. The Kier molecular flexibility index (Phi) is 15.7. The lowest BCUT2D eigenvalue weighted by Gasteiger charge is -2.20. The van der Waals surface area contributed by atoms with Crippen molar-refractivity contribution in [3.8, 4) is 0 Å². The fourth-order valence-corrected chi connectivity index (χ4v) is 11.7. The van der Waals surface area contributed by atoms with E-state index in [1.54, 1.807) is 28.4 Å². The van der Waals surface area contributed by atoms with Crippen LogP contribution in [0.15, 0.2) is 0 Å². The maximum absolute atomic E-state index is 5.44. The van der Waals surface area contributed by atoms with E-state index in [-0.39, 0.29) is 6.33 Å². The van der Waals surface area contributed by atoms with E-state index in [1.807, 2.05) is 0 Å². The fourth-order valence-electron chi connectivity index (χ4n) is 2.17. The number of hydrogen-bond donors (Lipinski definition) is 0. The van der Waals surface area contributed by atoms with E-state index in [4.69, 9.17) is 17.7 Å². The van der Waals surface area contributed by atoms with E-state index in [0.717, 1.165) is 0 Å². The maximum Gasteiger partial charge on any atom is 0.323 e. The number of rotatable bonds is 14. The highest BCUT2D eigenvalue weighted by atomic mass is 33.1. The van der Waals surface area contributed by atoms with Crippen LogP contribution in [-0.2, 0) is 17.7 Å². The standard InChI is InChI=1S/C13H33O4PS2Si2/c1-12(21(14-3)15-4)8-10-19-18(7)20-11-9-13(2)22(16-5)17-6/h12-13,21-22H,8-11H2,1-7H3. The quantitative estimate of drug-likeness (QED) is 0.322. The predicted molar refractivity (Wildman–Crippen MR) is 108 cm³/mol. The Morgan fingerprint density at radius 2 is 1.09 bits per heavy atom. The van der Waals surface area contributed by atoms with E-state index in [1.165, 1.54) is 24.3 Å². The molecular formula is C13H33O4PS2Si2. The van der Waals surface area contributed by atoms with Gasteiger partial charge in [-0.3, -0.25) is 0 Å². The largest absolute Gasteiger partial charge is 0.400 e. The summed E-state index contributed by atoms with van der Waals surface area (Å²) < 4.78 is 21.8. The molecule has 0 aliphatic rings. The van der Waals surface area contributed by atoms with Crippen LogP contribution >= 0.6 is 29.1 Å². The average Bonchev–Trinajstić information content (AvgIpc) is 2.49. The van der Waals surface area contributed by atoms with Crippen LogP contribution in [0.2, 0.25) is 11.1 Å². The Balaban J connectivity index is 3.76. The van der Waals surface area contributed by atoms with Crippen molar-refractivity contribution < 1.29 is 17.7 Å². The van der Waals surface area contributed by atoms with Crippen molar-refractivity contribution in [1.29, 1.82) is 0 Å². The summed E-state index contributed by atoms with van der Waals surface area (Å²) in [7, 11) is 4.19. The minimum absolute atomic E-state index is 0.00345. The predicted octanol–water partition coefficient (Wildman–Crippen LogP) is 3.98. The molecule has 4 nitrogen and oxygen atoms in total. The van der Waals surface area contributed by atoms with Gasteiger partial charge < -0.3 is 17.7 Å². The van der Waals surface area contributed by atoms with Gasteiger partial charge in [0.15, 0.2) is 0 Å². The van der Waals surface area contributed by atoms with Crippen LogP contribution in [0.1, 0.15) is 26.7 Å². The number of hydrogen-bond acceptors (Lipinski definition) is 6. The lowest BCUT2D eigenvalue weighted by atomic mass is 10.4. The summed E-state index contributed by atoms with van der Waals surface area (Å²) in [6.45, 7) is 6.86. The monoisotopic (exact) mass is 404 g/mol. The third-order valence-electron chi connectivity index (χ3n) is 3.55. The molecule has 0 fully saturated rings. The Hall–Kier alpha value is 1.40. The first kappa shape index (κ1) is 23.4. The summed E-state index contributed by atoms with van der Waals surface area (Å²) in [5.74, 6) is 2.41. The van der Waals surface area contributed by atoms with Crippen molar-refractivity contribution in [2.75, 3.05) is 46.6 Å². The van der Waals surface area contributed by atoms with Crippen molar-refractivity contribution in [3.05, 3.63) is 0 Å². The molecule has 0 aliphatic heterocycles. The van der Waals surface area contributed by atoms with Gasteiger partial charge in [-0.2, -0.15) is 0 Å². The second-order valence-corrected chi connectivity index (χ2v) is 18.7. The first-order chi connectivity index (χ1) is 10.5. The lowest BCUT2D eigenvalue weighted by Crippen LogP contribution is -2.24. The zero-order chi connectivity index (χ0) is 17.0. The highest BCUT2D eigenvalue weighted by Crippen LogP contribution is 2.58. The summed E-state index contributed by atoms with van der Waals surface area (Å²) in [6, 6.07) is 0. The van der Waals surface area contributed by atoms with Crippen LogP contribution < -0.4 is 0 Å². The smallest absolute Gasteiger partial charge is 0.323 e. The molecule has 0 saturated heterocycles. The SMILES string of the molecule is CO[SiH](OC)C(C)CCSP(C)SCCC(C)[SiH](OC)OC. The van der Waals surface area contributed by atoms with Crippen molar-refractivity contribution in [1.82, 2.24) is 0 Å². The van der Waals surface area contributed by atoms with Gasteiger partial charge in [0, 0.05) is 34.8 Å². The minimum atomic E-state index is -1.44. The van der Waals surface area contributed by atoms with E-state index in [0.29, 0.717) is 11.1 Å². The summed E-state index contributed by atoms with van der Waals surface area (Å²) in [5.41, 5.74) is 1.15. The van der Waals surface area contributed by atoms with Crippen molar-refractivity contribution in [2.45, 2.75) is 37.8 Å². The Morgan fingerprint density at radius 1 is 0.773 bits per heavy atom. The van der Waals surface area contributed by atoms with Crippen LogP contribution in [-0.4, -0.2) is 65.2 Å². The first-order valence-corrected chi connectivity index (χ1v) is 15.8. The van der Waals surface area contributed by atoms with E-state index in [2.05, 4.69) is 43.3 Å². The van der Waals surface area contributed by atoms with Crippen molar-refractivity contribution in [2.24, 2.45) is 0 Å². The molecule has 22 heavy (non-hydrogen) atoms. The van der Waals surface area contributed by atoms with Crippen LogP contribution in [0.3, 0.4) is 0 Å². The van der Waals surface area contributed by atoms with E-state index < -0.39 is 18.6 Å². The van der Waals surface area contributed by atoms with Gasteiger partial charge in [-0.25, -0.2) is 0 Å². The molecule has 0 aromatic heterocycles. The molecule has 2 unspecified atom stereocenters. The topological polar surface area (TPSA) is 36.9 Å². The Bertz CT molecular complexity index is 238. The zero-order valence-electron chi connectivity index (χ0n) is 15.0. The summed E-state index contributed by atoms with van der Waals surface area (Å²) in [4.78, 5) is 0. The summed E-state index contributed by atoms with van der Waals surface area (Å²) in [6.07, 6.45) is 2.38. The molecule has 0 radical (unpaired) electrons. The van der Waals surface area contributed by atoms with Gasteiger partial charge in [-0.05, 0) is 42.1 Å². The van der Waals surface area contributed by atoms with Crippen molar-refractivity contribution in [3.63, 3.8) is 0 Å². The van der Waals surface area contributed by atoms with Gasteiger partial charge in [0.1, 0.15) is 0 Å². The molecular weight excluding hydrogens is 371 g/mol. The normalized spacial score (nSPS) is 16.2. The van der Waals surface area contributed by atoms with Gasteiger partial charge in [-0.1, -0.05) is 13.8 Å². The van der Waals surface area contributed by atoms with Crippen molar-refractivity contribution >= 4 is 47.7 Å². The van der Waals surface area contributed by atoms with Gasteiger partial charge in [0.25, 0.3) is 0 Å². The van der Waals surface area contributed by atoms with Gasteiger partial charge in [-0.15, -0.1) is 22.8 Å². The first-order valence-electron chi connectivity index (χ1n) is 7.60.